The van der Waals surface area contributed by atoms with Gasteiger partial charge >= 0.3 is 0 Å². The van der Waals surface area contributed by atoms with Crippen LogP contribution in [0.1, 0.15) is 10.4 Å². The molecule has 0 radical (unpaired) electrons. The van der Waals surface area contributed by atoms with E-state index in [1.165, 1.54) is 36.4 Å². The predicted molar refractivity (Wildman–Crippen MR) is 110 cm³/mol. The highest BCUT2D eigenvalue weighted by molar-refractivity contribution is 8.01. The van der Waals surface area contributed by atoms with Crippen molar-refractivity contribution in [1.29, 1.82) is 0 Å². The zero-order chi connectivity index (χ0) is 20.1. The first-order chi connectivity index (χ1) is 13.4. The summed E-state index contributed by atoms with van der Waals surface area (Å²) in [5.41, 5.74) is 0.393. The van der Waals surface area contributed by atoms with Gasteiger partial charge in [0.1, 0.15) is 5.82 Å². The molecule has 0 aliphatic carbocycles. The molecule has 0 aliphatic heterocycles. The smallest absolute Gasteiger partial charge is 0.257 e. The van der Waals surface area contributed by atoms with Crippen molar-refractivity contribution in [3.05, 3.63) is 63.9 Å². The summed E-state index contributed by atoms with van der Waals surface area (Å²) in [6.45, 7) is 0. The van der Waals surface area contributed by atoms with E-state index in [0.717, 1.165) is 23.1 Å². The number of anilines is 2. The number of aromatic nitrogens is 2. The lowest BCUT2D eigenvalue weighted by atomic mass is 10.2. The van der Waals surface area contributed by atoms with Gasteiger partial charge in [-0.1, -0.05) is 58.4 Å². The second-order valence-corrected chi connectivity index (χ2v) is 8.37. The van der Waals surface area contributed by atoms with Crippen molar-refractivity contribution in [3.8, 4) is 0 Å². The minimum absolute atomic E-state index is 0.0147. The molecule has 0 fully saturated rings. The zero-order valence-electron chi connectivity index (χ0n) is 13.9. The van der Waals surface area contributed by atoms with E-state index in [1.807, 2.05) is 0 Å². The average molecular weight is 457 g/mol. The minimum atomic E-state index is -0.511. The maximum Gasteiger partial charge on any atom is 0.257 e. The van der Waals surface area contributed by atoms with Gasteiger partial charge in [0.25, 0.3) is 5.91 Å². The molecular weight excluding hydrogens is 446 g/mol. The summed E-state index contributed by atoms with van der Waals surface area (Å²) in [7, 11) is 0. The van der Waals surface area contributed by atoms with Gasteiger partial charge < -0.3 is 5.32 Å². The van der Waals surface area contributed by atoms with Crippen LogP contribution in [-0.4, -0.2) is 27.8 Å². The Kier molecular flexibility index (Phi) is 6.84. The summed E-state index contributed by atoms with van der Waals surface area (Å²) < 4.78 is 14.0. The third-order valence-electron chi connectivity index (χ3n) is 3.23. The van der Waals surface area contributed by atoms with Crippen LogP contribution in [0.15, 0.2) is 46.8 Å². The largest absolute Gasteiger partial charge is 0.323 e. The zero-order valence-corrected chi connectivity index (χ0v) is 17.1. The Labute approximate surface area is 177 Å². The predicted octanol–water partition coefficient (Wildman–Crippen LogP) is 4.97. The first-order valence-corrected chi connectivity index (χ1v) is 10.2. The molecule has 0 aliphatic rings. The van der Waals surface area contributed by atoms with E-state index in [-0.39, 0.29) is 28.0 Å². The van der Waals surface area contributed by atoms with Gasteiger partial charge in [-0.2, -0.15) is 0 Å². The van der Waals surface area contributed by atoms with Crippen LogP contribution in [0, 0.1) is 5.82 Å². The van der Waals surface area contributed by atoms with Gasteiger partial charge in [0, 0.05) is 15.6 Å². The lowest BCUT2D eigenvalue weighted by Crippen LogP contribution is -2.14. The maximum absolute atomic E-state index is 13.5. The molecule has 0 spiro atoms. The van der Waals surface area contributed by atoms with Crippen LogP contribution in [0.4, 0.5) is 15.2 Å². The van der Waals surface area contributed by atoms with Crippen LogP contribution in [0.2, 0.25) is 10.0 Å². The first kappa shape index (κ1) is 20.5. The number of hydrogen-bond donors (Lipinski definition) is 2. The molecule has 0 unspecified atom stereocenters. The van der Waals surface area contributed by atoms with E-state index in [0.29, 0.717) is 14.4 Å². The van der Waals surface area contributed by atoms with Gasteiger partial charge in [-0.05, 0) is 30.3 Å². The number of para-hydroxylation sites is 1. The fourth-order valence-electron chi connectivity index (χ4n) is 2.05. The normalized spacial score (nSPS) is 10.5. The number of benzene rings is 2. The average Bonchev–Trinajstić information content (AvgIpc) is 3.08. The number of rotatable bonds is 6. The van der Waals surface area contributed by atoms with E-state index < -0.39 is 11.7 Å². The highest BCUT2D eigenvalue weighted by Crippen LogP contribution is 2.27. The van der Waals surface area contributed by atoms with Gasteiger partial charge in [0.2, 0.25) is 11.0 Å². The highest BCUT2D eigenvalue weighted by Gasteiger charge is 2.13. The van der Waals surface area contributed by atoms with E-state index in [4.69, 9.17) is 23.2 Å². The molecule has 3 aromatic rings. The Morgan fingerprint density at radius 1 is 1.07 bits per heavy atom. The number of carbonyl (C=O) groups excluding carboxylic acids is 2. The van der Waals surface area contributed by atoms with Crippen LogP contribution in [0.3, 0.4) is 0 Å². The van der Waals surface area contributed by atoms with Crippen LogP contribution in [0.25, 0.3) is 0 Å². The molecule has 0 atom stereocenters. The van der Waals surface area contributed by atoms with E-state index >= 15 is 0 Å². The Balaban J connectivity index is 1.54. The molecule has 1 heterocycles. The molecule has 2 aromatic carbocycles. The molecule has 0 bridgehead atoms. The van der Waals surface area contributed by atoms with E-state index in [2.05, 4.69) is 20.8 Å². The minimum Gasteiger partial charge on any atom is -0.323 e. The quantitative estimate of drug-likeness (QED) is 0.404. The number of nitrogens with zero attached hydrogens (tertiary/aromatic N) is 2. The highest BCUT2D eigenvalue weighted by atomic mass is 35.5. The van der Waals surface area contributed by atoms with Crippen molar-refractivity contribution >= 4 is 68.9 Å². The number of carbonyl (C=O) groups is 2. The van der Waals surface area contributed by atoms with Gasteiger partial charge in [-0.15, -0.1) is 10.2 Å². The fourth-order valence-corrected chi connectivity index (χ4v) is 4.12. The van der Waals surface area contributed by atoms with Crippen LogP contribution >= 0.6 is 46.3 Å². The van der Waals surface area contributed by atoms with E-state index in [1.54, 1.807) is 6.07 Å². The lowest BCUT2D eigenvalue weighted by Gasteiger charge is -2.04. The second kappa shape index (κ2) is 9.33. The number of nitrogens with one attached hydrogen (secondary N) is 2. The van der Waals surface area contributed by atoms with Crippen LogP contribution < -0.4 is 10.6 Å². The topological polar surface area (TPSA) is 84.0 Å². The molecule has 144 valence electrons. The molecule has 28 heavy (non-hydrogen) atoms. The summed E-state index contributed by atoms with van der Waals surface area (Å²) in [6.07, 6.45) is 0. The molecule has 1 aromatic heterocycles. The Hall–Kier alpha value is -2.20. The summed E-state index contributed by atoms with van der Waals surface area (Å²) in [4.78, 5) is 24.2. The van der Waals surface area contributed by atoms with Crippen molar-refractivity contribution in [2.75, 3.05) is 16.4 Å². The second-order valence-electron chi connectivity index (χ2n) is 5.30. The van der Waals surface area contributed by atoms with Crippen molar-refractivity contribution in [2.24, 2.45) is 0 Å². The van der Waals surface area contributed by atoms with Crippen LogP contribution in [-0.2, 0) is 4.79 Å². The van der Waals surface area contributed by atoms with Gasteiger partial charge in [0.15, 0.2) is 4.34 Å². The van der Waals surface area contributed by atoms with Gasteiger partial charge in [0.05, 0.1) is 11.4 Å². The number of halogens is 3. The van der Waals surface area contributed by atoms with Crippen molar-refractivity contribution in [2.45, 2.75) is 4.34 Å². The Bertz CT molecular complexity index is 1010. The number of amides is 2. The maximum atomic E-state index is 13.5. The standard InChI is InChI=1S/C17H11Cl2FN4O2S2/c18-10-5-9(6-11(19)7-10)15(26)22-16-23-24-17(28-16)27-8-14(25)21-13-4-2-1-3-12(13)20/h1-7H,8H2,(H,21,25)(H,22,23,26). The van der Waals surface area contributed by atoms with Crippen molar-refractivity contribution < 1.29 is 14.0 Å². The monoisotopic (exact) mass is 456 g/mol. The molecule has 6 nitrogen and oxygen atoms in total. The van der Waals surface area contributed by atoms with Crippen LogP contribution in [0.5, 0.6) is 0 Å². The van der Waals surface area contributed by atoms with Gasteiger partial charge in [-0.25, -0.2) is 4.39 Å². The molecular formula is C17H11Cl2FN4O2S2. The Morgan fingerprint density at radius 2 is 1.79 bits per heavy atom. The van der Waals surface area contributed by atoms with E-state index in [9.17, 15) is 14.0 Å². The molecule has 3 rings (SSSR count). The van der Waals surface area contributed by atoms with Gasteiger partial charge in [-0.3, -0.25) is 14.9 Å². The third kappa shape index (κ3) is 5.65. The summed E-state index contributed by atoms with van der Waals surface area (Å²) in [5.74, 6) is -1.32. The summed E-state index contributed by atoms with van der Waals surface area (Å²) in [6, 6.07) is 10.4. The molecule has 0 saturated carbocycles. The summed E-state index contributed by atoms with van der Waals surface area (Å²) in [5, 5.41) is 13.8. The molecule has 2 amide bonds. The Morgan fingerprint density at radius 3 is 2.50 bits per heavy atom. The number of hydrogen-bond acceptors (Lipinski definition) is 6. The van der Waals surface area contributed by atoms with Crippen molar-refractivity contribution in [3.63, 3.8) is 0 Å². The molecule has 0 saturated heterocycles. The molecule has 11 heteroatoms. The molecule has 2 N–H and O–H groups in total. The third-order valence-corrected chi connectivity index (χ3v) is 5.63. The SMILES string of the molecule is O=C(CSc1nnc(NC(=O)c2cc(Cl)cc(Cl)c2)s1)Nc1ccccc1F. The number of thioether (sulfide) groups is 1. The fraction of sp³-hybridized carbons (Fsp3) is 0.0588. The first-order valence-electron chi connectivity index (χ1n) is 7.69. The lowest BCUT2D eigenvalue weighted by molar-refractivity contribution is -0.113. The van der Waals surface area contributed by atoms with Crippen molar-refractivity contribution in [1.82, 2.24) is 10.2 Å². The summed E-state index contributed by atoms with van der Waals surface area (Å²) >= 11 is 14.0.